The van der Waals surface area contributed by atoms with E-state index in [-0.39, 0.29) is 24.0 Å². The van der Waals surface area contributed by atoms with Crippen LogP contribution < -0.4 is 9.80 Å². The van der Waals surface area contributed by atoms with E-state index < -0.39 is 54.8 Å². The highest BCUT2D eigenvalue weighted by atomic mass is 28.3. The average Bonchev–Trinajstić information content (AvgIpc) is 3.45. The SMILES string of the molecule is CC1(C)C(=O)N(c2ccc(F)c(C(F)(F)F)c2)C(=O)N1Cc1ccc(F)cc1Cc1ccc(N2CCN([Si](C)(C)C(C)(C)C)C2=O)cc1. The lowest BCUT2D eigenvalue weighted by Crippen LogP contribution is -2.56. The predicted octanol–water partition coefficient (Wildman–Crippen LogP) is 8.57. The Bertz CT molecular complexity index is 1770. The number of hydrogen-bond acceptors (Lipinski definition) is 3. The van der Waals surface area contributed by atoms with Crippen molar-refractivity contribution in [1.82, 2.24) is 9.47 Å². The number of anilines is 2. The molecule has 256 valence electrons. The maximum absolute atomic E-state index is 14.5. The summed E-state index contributed by atoms with van der Waals surface area (Å²) in [4.78, 5) is 44.0. The van der Waals surface area contributed by atoms with Crippen LogP contribution in [0.15, 0.2) is 60.7 Å². The van der Waals surface area contributed by atoms with Crippen molar-refractivity contribution in [3.05, 3.63) is 94.6 Å². The van der Waals surface area contributed by atoms with Crippen LogP contribution >= 0.6 is 0 Å². The van der Waals surface area contributed by atoms with Gasteiger partial charge in [-0.15, -0.1) is 0 Å². The molecule has 3 aromatic carbocycles. The van der Waals surface area contributed by atoms with Gasteiger partial charge >= 0.3 is 18.2 Å². The summed E-state index contributed by atoms with van der Waals surface area (Å²) in [5.74, 6) is -2.81. The molecule has 0 aliphatic carbocycles. The molecule has 0 N–H and O–H groups in total. The molecule has 2 heterocycles. The summed E-state index contributed by atoms with van der Waals surface area (Å²) < 4.78 is 70.7. The molecule has 2 aliphatic rings. The van der Waals surface area contributed by atoms with Crippen LogP contribution in [0.1, 0.15) is 56.9 Å². The summed E-state index contributed by atoms with van der Waals surface area (Å²) in [6, 6.07) is 12.6. The molecule has 48 heavy (non-hydrogen) atoms. The largest absolute Gasteiger partial charge is 0.419 e. The number of carbonyl (C=O) groups is 3. The monoisotopic (exact) mass is 686 g/mol. The fourth-order valence-corrected chi connectivity index (χ4v) is 8.06. The second-order valence-electron chi connectivity index (χ2n) is 14.4. The smallest absolute Gasteiger partial charge is 0.350 e. The molecule has 13 heteroatoms. The van der Waals surface area contributed by atoms with Gasteiger partial charge in [0, 0.05) is 25.3 Å². The minimum atomic E-state index is -5.03. The Morgan fingerprint density at radius 3 is 2.02 bits per heavy atom. The number of urea groups is 2. The molecule has 5 amide bonds. The molecule has 0 atom stereocenters. The number of benzene rings is 3. The lowest BCUT2D eigenvalue weighted by molar-refractivity contribution is -0.140. The minimum Gasteiger partial charge on any atom is -0.350 e. The maximum atomic E-state index is 14.5. The van der Waals surface area contributed by atoms with Gasteiger partial charge in [0.15, 0.2) is 8.24 Å². The quantitative estimate of drug-likeness (QED) is 0.142. The van der Waals surface area contributed by atoms with Crippen LogP contribution in [0.5, 0.6) is 0 Å². The van der Waals surface area contributed by atoms with Gasteiger partial charge in [0.05, 0.1) is 11.3 Å². The van der Waals surface area contributed by atoms with Crippen molar-refractivity contribution in [1.29, 1.82) is 0 Å². The van der Waals surface area contributed by atoms with Crippen LogP contribution in [-0.4, -0.2) is 54.3 Å². The molecule has 5 rings (SSSR count). The van der Waals surface area contributed by atoms with E-state index in [2.05, 4.69) is 33.9 Å². The van der Waals surface area contributed by atoms with Crippen molar-refractivity contribution in [3.8, 4) is 0 Å². The average molecular weight is 687 g/mol. The lowest BCUT2D eigenvalue weighted by atomic mass is 9.97. The maximum Gasteiger partial charge on any atom is 0.419 e. The number of imide groups is 1. The van der Waals surface area contributed by atoms with Gasteiger partial charge in [-0.3, -0.25) is 9.69 Å². The lowest BCUT2D eigenvalue weighted by Gasteiger charge is -2.43. The zero-order chi connectivity index (χ0) is 35.6. The van der Waals surface area contributed by atoms with Crippen LogP contribution in [0.3, 0.4) is 0 Å². The van der Waals surface area contributed by atoms with E-state index in [1.807, 2.05) is 28.8 Å². The van der Waals surface area contributed by atoms with Gasteiger partial charge in [-0.1, -0.05) is 52.1 Å². The minimum absolute atomic E-state index is 0.00324. The van der Waals surface area contributed by atoms with E-state index in [1.54, 1.807) is 4.90 Å². The molecular formula is C35H39F5N4O3Si. The van der Waals surface area contributed by atoms with E-state index >= 15 is 0 Å². The van der Waals surface area contributed by atoms with E-state index in [1.165, 1.54) is 36.9 Å². The highest BCUT2D eigenvalue weighted by Gasteiger charge is 2.52. The highest BCUT2D eigenvalue weighted by Crippen LogP contribution is 2.41. The Hall–Kier alpha value is -4.26. The number of hydrogen-bond donors (Lipinski definition) is 0. The normalized spacial score (nSPS) is 17.3. The summed E-state index contributed by atoms with van der Waals surface area (Å²) in [6.45, 7) is 14.9. The third kappa shape index (κ3) is 6.20. The first-order valence-electron chi connectivity index (χ1n) is 15.6. The Balaban J connectivity index is 1.37. The fourth-order valence-electron chi connectivity index (χ4n) is 6.00. The molecule has 0 bridgehead atoms. The van der Waals surface area contributed by atoms with Gasteiger partial charge in [0.1, 0.15) is 17.2 Å². The molecule has 7 nitrogen and oxygen atoms in total. The molecule has 0 unspecified atom stereocenters. The molecule has 2 fully saturated rings. The van der Waals surface area contributed by atoms with Gasteiger partial charge in [0.25, 0.3) is 5.91 Å². The summed E-state index contributed by atoms with van der Waals surface area (Å²) in [5.41, 5.74) is -0.830. The first-order chi connectivity index (χ1) is 22.1. The van der Waals surface area contributed by atoms with Crippen molar-refractivity contribution < 1.29 is 36.3 Å². The van der Waals surface area contributed by atoms with E-state index in [0.717, 1.165) is 17.3 Å². The summed E-state index contributed by atoms with van der Waals surface area (Å²) in [5, 5.41) is 0.00324. The van der Waals surface area contributed by atoms with Gasteiger partial charge in [-0.05, 0) is 84.5 Å². The highest BCUT2D eigenvalue weighted by molar-refractivity contribution is 6.79. The number of halogens is 5. The first kappa shape index (κ1) is 35.1. The Labute approximate surface area is 278 Å². The van der Waals surface area contributed by atoms with Gasteiger partial charge in [-0.25, -0.2) is 23.3 Å². The topological polar surface area (TPSA) is 64.2 Å². The second-order valence-corrected chi connectivity index (χ2v) is 19.5. The van der Waals surface area contributed by atoms with Crippen LogP contribution in [0, 0.1) is 11.6 Å². The van der Waals surface area contributed by atoms with E-state index in [4.69, 9.17) is 0 Å². The molecule has 0 radical (unpaired) electrons. The fraction of sp³-hybridized carbons (Fsp3) is 0.400. The third-order valence-corrected chi connectivity index (χ3v) is 15.4. The van der Waals surface area contributed by atoms with Crippen molar-refractivity contribution in [3.63, 3.8) is 0 Å². The predicted molar refractivity (Wildman–Crippen MR) is 176 cm³/mol. The van der Waals surface area contributed by atoms with Crippen molar-refractivity contribution >= 4 is 37.6 Å². The molecule has 3 aromatic rings. The summed E-state index contributed by atoms with van der Waals surface area (Å²) in [7, 11) is -2.06. The third-order valence-electron chi connectivity index (χ3n) is 10.00. The molecule has 0 spiro atoms. The number of rotatable bonds is 7. The second kappa shape index (κ2) is 12.0. The molecule has 2 saturated heterocycles. The standard InChI is InChI=1S/C35H39F5N4O3Si/c1-33(2,3)48(6,7)43-17-16-41(31(43)46)26-12-8-22(9-13-26)18-24-19-25(36)11-10-23(24)21-42-32(47)44(30(45)34(42,4)5)27-14-15-29(37)28(20-27)35(38,39)40/h8-15,19-20H,16-18,21H2,1-7H3. The number of amides is 5. The number of alkyl halides is 3. The molecular weight excluding hydrogens is 647 g/mol. The zero-order valence-electron chi connectivity index (χ0n) is 28.0. The van der Waals surface area contributed by atoms with Gasteiger partial charge in [0.2, 0.25) is 0 Å². The van der Waals surface area contributed by atoms with Crippen molar-refractivity contribution in [2.24, 2.45) is 0 Å². The summed E-state index contributed by atoms with van der Waals surface area (Å²) >= 11 is 0. The Kier molecular flexibility index (Phi) is 8.77. The molecule has 0 aromatic heterocycles. The zero-order valence-corrected chi connectivity index (χ0v) is 29.0. The molecule has 2 aliphatic heterocycles. The van der Waals surface area contributed by atoms with Crippen LogP contribution in [0.2, 0.25) is 18.1 Å². The van der Waals surface area contributed by atoms with Crippen molar-refractivity contribution in [2.45, 2.75) is 77.4 Å². The van der Waals surface area contributed by atoms with Crippen molar-refractivity contribution in [2.75, 3.05) is 22.9 Å². The van der Waals surface area contributed by atoms with Crippen LogP contribution in [0.4, 0.5) is 42.9 Å². The van der Waals surface area contributed by atoms with Gasteiger partial charge < -0.3 is 9.47 Å². The Morgan fingerprint density at radius 2 is 1.42 bits per heavy atom. The summed E-state index contributed by atoms with van der Waals surface area (Å²) in [6.07, 6.45) is -4.76. The van der Waals surface area contributed by atoms with Gasteiger partial charge in [-0.2, -0.15) is 13.2 Å². The first-order valence-corrected chi connectivity index (χ1v) is 18.6. The van der Waals surface area contributed by atoms with Crippen LogP contribution in [0.25, 0.3) is 0 Å². The number of nitrogens with zero attached hydrogens (tertiary/aromatic N) is 4. The molecule has 0 saturated carbocycles. The van der Waals surface area contributed by atoms with E-state index in [9.17, 15) is 36.3 Å². The van der Waals surface area contributed by atoms with E-state index in [0.29, 0.717) is 41.2 Å². The number of carbonyl (C=O) groups excluding carboxylic acids is 3. The van der Waals surface area contributed by atoms with Crippen LogP contribution in [-0.2, 0) is 23.9 Å². The Morgan fingerprint density at radius 1 is 0.792 bits per heavy atom.